The normalized spacial score (nSPS) is 11.2. The Labute approximate surface area is 103 Å². The second-order valence-electron chi connectivity index (χ2n) is 3.89. The van der Waals surface area contributed by atoms with Crippen molar-refractivity contribution >= 4 is 28.4 Å². The number of halogens is 1. The second kappa shape index (κ2) is 3.53. The van der Waals surface area contributed by atoms with E-state index in [-0.39, 0.29) is 0 Å². The molecule has 2 aromatic heterocycles. The van der Waals surface area contributed by atoms with Crippen LogP contribution in [-0.2, 0) is 7.05 Å². The van der Waals surface area contributed by atoms with Crippen LogP contribution < -0.4 is 5.73 Å². The van der Waals surface area contributed by atoms with Crippen molar-refractivity contribution < 1.29 is 4.52 Å². The molecule has 0 spiro atoms. The molecule has 0 saturated carbocycles. The van der Waals surface area contributed by atoms with Gasteiger partial charge in [-0.05, 0) is 0 Å². The monoisotopic (exact) mass is 247 g/mol. The molecule has 0 amide bonds. The Bertz CT molecular complexity index is 699. The molecule has 0 saturated heterocycles. The molecule has 86 valence electrons. The second-order valence-corrected chi connectivity index (χ2v) is 4.30. The summed E-state index contributed by atoms with van der Waals surface area (Å²) < 4.78 is 6.87. The smallest absolute Gasteiger partial charge is 0.230 e. The molecule has 1 aromatic carbocycles. The Balaban J connectivity index is 2.42. The zero-order chi connectivity index (χ0) is 12.0. The highest BCUT2D eigenvalue weighted by Gasteiger charge is 2.14. The van der Waals surface area contributed by atoms with Crippen molar-refractivity contribution in [2.45, 2.75) is 0 Å². The largest absolute Gasteiger partial charge is 0.367 e. The molecule has 0 bridgehead atoms. The molecule has 0 radical (unpaired) electrons. The van der Waals surface area contributed by atoms with E-state index >= 15 is 0 Å². The summed E-state index contributed by atoms with van der Waals surface area (Å²) in [5.41, 5.74) is 8.52. The van der Waals surface area contributed by atoms with Gasteiger partial charge in [-0.1, -0.05) is 35.0 Å². The van der Waals surface area contributed by atoms with E-state index < -0.39 is 0 Å². The first-order valence-corrected chi connectivity index (χ1v) is 5.50. The van der Waals surface area contributed by atoms with E-state index in [2.05, 4.69) is 5.16 Å². The van der Waals surface area contributed by atoms with Crippen LogP contribution in [0.25, 0.3) is 22.0 Å². The van der Waals surface area contributed by atoms with E-state index in [4.69, 9.17) is 21.9 Å². The number of hydrogen-bond donors (Lipinski definition) is 1. The molecule has 0 unspecified atom stereocenters. The average Bonchev–Trinajstić information content (AvgIpc) is 2.85. The molecule has 3 aromatic rings. The molecule has 0 aliphatic heterocycles. The molecular formula is C12H10ClN3O. The summed E-state index contributed by atoms with van der Waals surface area (Å²) in [6.07, 6.45) is 3.49. The summed E-state index contributed by atoms with van der Waals surface area (Å²) in [5, 5.41) is 5.41. The molecule has 2 N–H and O–H groups in total. The quantitative estimate of drug-likeness (QED) is 0.719. The van der Waals surface area contributed by atoms with Crippen LogP contribution in [0.5, 0.6) is 0 Å². The number of nitrogens with two attached hydrogens (primary N) is 1. The average molecular weight is 248 g/mol. The number of aromatic nitrogens is 2. The number of nitrogen functional groups attached to an aromatic ring is 1. The van der Waals surface area contributed by atoms with E-state index in [1.807, 2.05) is 36.0 Å². The maximum Gasteiger partial charge on any atom is 0.230 e. The Kier molecular flexibility index (Phi) is 2.12. The summed E-state index contributed by atoms with van der Waals surface area (Å²) in [4.78, 5) is 0. The van der Waals surface area contributed by atoms with Crippen LogP contribution in [0.2, 0.25) is 5.02 Å². The predicted octanol–water partition coefficient (Wildman–Crippen LogP) is 3.07. The molecule has 0 fully saturated rings. The lowest BCUT2D eigenvalue weighted by molar-refractivity contribution is 0.436. The lowest BCUT2D eigenvalue weighted by Crippen LogP contribution is -1.90. The van der Waals surface area contributed by atoms with E-state index in [1.165, 1.54) is 0 Å². The minimum Gasteiger partial charge on any atom is -0.367 e. The molecule has 2 heterocycles. The first-order chi connectivity index (χ1) is 8.18. The number of benzene rings is 1. The predicted molar refractivity (Wildman–Crippen MR) is 67.8 cm³/mol. The zero-order valence-corrected chi connectivity index (χ0v) is 9.90. The highest BCUT2D eigenvalue weighted by molar-refractivity contribution is 6.36. The van der Waals surface area contributed by atoms with Crippen LogP contribution in [0, 0.1) is 0 Å². The topological polar surface area (TPSA) is 57.0 Å². The third kappa shape index (κ3) is 1.41. The highest BCUT2D eigenvalue weighted by Crippen LogP contribution is 2.35. The van der Waals surface area contributed by atoms with Gasteiger partial charge in [-0.25, -0.2) is 0 Å². The molecule has 0 aliphatic rings. The van der Waals surface area contributed by atoms with Gasteiger partial charge in [0, 0.05) is 24.2 Å². The number of hydrogen-bond acceptors (Lipinski definition) is 3. The van der Waals surface area contributed by atoms with Crippen LogP contribution in [0.3, 0.4) is 0 Å². The van der Waals surface area contributed by atoms with E-state index in [0.717, 1.165) is 27.1 Å². The van der Waals surface area contributed by atoms with Crippen LogP contribution in [0.15, 0.2) is 35.1 Å². The van der Waals surface area contributed by atoms with Crippen LogP contribution in [0.4, 0.5) is 5.88 Å². The Morgan fingerprint density at radius 1 is 1.35 bits per heavy atom. The van der Waals surface area contributed by atoms with Crippen molar-refractivity contribution in [1.82, 2.24) is 9.72 Å². The third-order valence-corrected chi connectivity index (χ3v) is 3.14. The van der Waals surface area contributed by atoms with Gasteiger partial charge in [-0.3, -0.25) is 0 Å². The Morgan fingerprint density at radius 2 is 2.18 bits per heavy atom. The number of rotatable bonds is 1. The van der Waals surface area contributed by atoms with Crippen molar-refractivity contribution in [2.24, 2.45) is 7.05 Å². The highest BCUT2D eigenvalue weighted by atomic mass is 35.5. The fourth-order valence-corrected chi connectivity index (χ4v) is 2.39. The van der Waals surface area contributed by atoms with Gasteiger partial charge in [0.25, 0.3) is 0 Å². The van der Waals surface area contributed by atoms with Crippen molar-refractivity contribution in [1.29, 1.82) is 0 Å². The lowest BCUT2D eigenvalue weighted by atomic mass is 10.1. The van der Waals surface area contributed by atoms with Crippen molar-refractivity contribution in [3.05, 3.63) is 35.6 Å². The van der Waals surface area contributed by atoms with Gasteiger partial charge < -0.3 is 14.8 Å². The number of anilines is 1. The van der Waals surface area contributed by atoms with Gasteiger partial charge in [-0.2, -0.15) is 0 Å². The van der Waals surface area contributed by atoms with Gasteiger partial charge in [-0.15, -0.1) is 0 Å². The Hall–Kier alpha value is -1.94. The maximum absolute atomic E-state index is 6.16. The van der Waals surface area contributed by atoms with Crippen molar-refractivity contribution in [2.75, 3.05) is 5.73 Å². The van der Waals surface area contributed by atoms with Gasteiger partial charge in [0.05, 0.1) is 22.3 Å². The molecule has 0 atom stereocenters. The molecule has 3 rings (SSSR count). The van der Waals surface area contributed by atoms with E-state index in [0.29, 0.717) is 5.88 Å². The summed E-state index contributed by atoms with van der Waals surface area (Å²) in [7, 11) is 1.95. The number of nitrogens with zero attached hydrogens (tertiary/aromatic N) is 2. The van der Waals surface area contributed by atoms with E-state index in [9.17, 15) is 0 Å². The molecule has 5 heteroatoms. The zero-order valence-electron chi connectivity index (χ0n) is 9.14. The first-order valence-electron chi connectivity index (χ1n) is 5.12. The summed E-state index contributed by atoms with van der Waals surface area (Å²) in [6.45, 7) is 0. The van der Waals surface area contributed by atoms with Crippen LogP contribution in [-0.4, -0.2) is 9.72 Å². The molecule has 0 aliphatic carbocycles. The standard InChI is InChI=1S/C12H10ClN3O/c1-16-6-10(13)8-4-2-3-7(11(8)16)9-5-15-17-12(9)14/h2-6H,14H2,1H3. The SMILES string of the molecule is Cn1cc(Cl)c2cccc(-c3cnoc3N)c21. The van der Waals surface area contributed by atoms with Gasteiger partial charge in [0.15, 0.2) is 0 Å². The molecule has 17 heavy (non-hydrogen) atoms. The molecular weight excluding hydrogens is 238 g/mol. The van der Waals surface area contributed by atoms with Gasteiger partial charge in [0.1, 0.15) is 0 Å². The van der Waals surface area contributed by atoms with Crippen LogP contribution in [0.1, 0.15) is 0 Å². The summed E-state index contributed by atoms with van der Waals surface area (Å²) in [5.74, 6) is 0.315. The maximum atomic E-state index is 6.16. The van der Waals surface area contributed by atoms with E-state index in [1.54, 1.807) is 6.20 Å². The minimum absolute atomic E-state index is 0.315. The third-order valence-electron chi connectivity index (χ3n) is 2.84. The van der Waals surface area contributed by atoms with Gasteiger partial charge >= 0.3 is 0 Å². The lowest BCUT2D eigenvalue weighted by Gasteiger charge is -2.03. The fourth-order valence-electron chi connectivity index (χ4n) is 2.09. The number of fused-ring (bicyclic) bond motifs is 1. The molecule has 4 nitrogen and oxygen atoms in total. The number of aryl methyl sites for hydroxylation is 1. The van der Waals surface area contributed by atoms with Crippen LogP contribution >= 0.6 is 11.6 Å². The number of para-hydroxylation sites is 1. The van der Waals surface area contributed by atoms with Gasteiger partial charge in [0.2, 0.25) is 5.88 Å². The Morgan fingerprint density at radius 3 is 2.88 bits per heavy atom. The van der Waals surface area contributed by atoms with Crippen molar-refractivity contribution in [3.8, 4) is 11.1 Å². The fraction of sp³-hybridized carbons (Fsp3) is 0.0833. The minimum atomic E-state index is 0.315. The van der Waals surface area contributed by atoms with Crippen molar-refractivity contribution in [3.63, 3.8) is 0 Å². The first kappa shape index (κ1) is 10.2. The summed E-state index contributed by atoms with van der Waals surface area (Å²) >= 11 is 6.16. The summed E-state index contributed by atoms with van der Waals surface area (Å²) in [6, 6.07) is 5.89.